The molecule has 0 aliphatic carbocycles. The number of halogens is 1. The van der Waals surface area contributed by atoms with Crippen LogP contribution in [0.25, 0.3) is 4.96 Å². The van der Waals surface area contributed by atoms with Crippen molar-refractivity contribution in [2.75, 3.05) is 0 Å². The van der Waals surface area contributed by atoms with E-state index in [-0.39, 0.29) is 12.1 Å². The van der Waals surface area contributed by atoms with Crippen LogP contribution in [0.1, 0.15) is 15.9 Å². The first-order valence-corrected chi connectivity index (χ1v) is 7.01. The van der Waals surface area contributed by atoms with Gasteiger partial charge in [0.2, 0.25) is 0 Å². The standard InChI is InChI=1S/C14H10FN3O2S/c15-11-4-2-1-3-9(11)7-16-12(19)10-8-17-14-18(13(10)20)5-6-21-14/h1-6,8H,7H2,(H,16,19). The van der Waals surface area contributed by atoms with Gasteiger partial charge < -0.3 is 5.32 Å². The van der Waals surface area contributed by atoms with E-state index >= 15 is 0 Å². The number of nitrogens with zero attached hydrogens (tertiary/aromatic N) is 2. The molecule has 5 nitrogen and oxygen atoms in total. The molecule has 1 aromatic carbocycles. The van der Waals surface area contributed by atoms with Crippen molar-refractivity contribution < 1.29 is 9.18 Å². The molecule has 0 atom stereocenters. The summed E-state index contributed by atoms with van der Waals surface area (Å²) in [6.07, 6.45) is 2.80. The SMILES string of the molecule is O=C(NCc1ccccc1F)c1cnc2sccn2c1=O. The van der Waals surface area contributed by atoms with Crippen LogP contribution in [0.15, 0.2) is 46.8 Å². The Kier molecular flexibility index (Phi) is 3.49. The van der Waals surface area contributed by atoms with Crippen LogP contribution in [0.4, 0.5) is 4.39 Å². The lowest BCUT2D eigenvalue weighted by molar-refractivity contribution is 0.0948. The zero-order chi connectivity index (χ0) is 14.8. The van der Waals surface area contributed by atoms with Gasteiger partial charge in [-0.05, 0) is 6.07 Å². The molecule has 0 fully saturated rings. The first-order valence-electron chi connectivity index (χ1n) is 6.13. The third kappa shape index (κ3) is 2.55. The lowest BCUT2D eigenvalue weighted by Gasteiger charge is -2.05. The topological polar surface area (TPSA) is 63.5 Å². The smallest absolute Gasteiger partial charge is 0.271 e. The molecule has 0 radical (unpaired) electrons. The lowest BCUT2D eigenvalue weighted by Crippen LogP contribution is -2.31. The highest BCUT2D eigenvalue weighted by Crippen LogP contribution is 2.07. The summed E-state index contributed by atoms with van der Waals surface area (Å²) in [5.74, 6) is -0.975. The Balaban J connectivity index is 1.83. The molecule has 3 aromatic rings. The average Bonchev–Trinajstić information content (AvgIpc) is 2.96. The number of hydrogen-bond donors (Lipinski definition) is 1. The summed E-state index contributed by atoms with van der Waals surface area (Å²) in [5.41, 5.74) is -0.148. The Morgan fingerprint density at radius 3 is 3.00 bits per heavy atom. The average molecular weight is 303 g/mol. The highest BCUT2D eigenvalue weighted by atomic mass is 32.1. The van der Waals surface area contributed by atoms with Crippen LogP contribution in [0.2, 0.25) is 0 Å². The van der Waals surface area contributed by atoms with E-state index in [1.54, 1.807) is 29.8 Å². The van der Waals surface area contributed by atoms with Crippen molar-refractivity contribution in [1.82, 2.24) is 14.7 Å². The molecule has 1 amide bonds. The van der Waals surface area contributed by atoms with Crippen molar-refractivity contribution in [1.29, 1.82) is 0 Å². The summed E-state index contributed by atoms with van der Waals surface area (Å²) in [7, 11) is 0. The van der Waals surface area contributed by atoms with E-state index in [1.807, 2.05) is 0 Å². The van der Waals surface area contributed by atoms with Gasteiger partial charge in [-0.25, -0.2) is 9.37 Å². The van der Waals surface area contributed by atoms with E-state index < -0.39 is 17.3 Å². The molecule has 2 aromatic heterocycles. The molecule has 0 aliphatic heterocycles. The largest absolute Gasteiger partial charge is 0.348 e. The second-order valence-electron chi connectivity index (χ2n) is 4.31. The number of nitrogens with one attached hydrogen (secondary N) is 1. The molecule has 0 saturated heterocycles. The van der Waals surface area contributed by atoms with Gasteiger partial charge in [-0.1, -0.05) is 18.2 Å². The zero-order valence-electron chi connectivity index (χ0n) is 10.7. The molecular weight excluding hydrogens is 293 g/mol. The van der Waals surface area contributed by atoms with Gasteiger partial charge in [-0.3, -0.25) is 14.0 Å². The van der Waals surface area contributed by atoms with Crippen molar-refractivity contribution in [2.24, 2.45) is 0 Å². The van der Waals surface area contributed by atoms with E-state index in [4.69, 9.17) is 0 Å². The second kappa shape index (κ2) is 5.45. The van der Waals surface area contributed by atoms with Crippen molar-refractivity contribution in [3.8, 4) is 0 Å². The molecule has 0 spiro atoms. The first kappa shape index (κ1) is 13.4. The van der Waals surface area contributed by atoms with Gasteiger partial charge >= 0.3 is 0 Å². The Morgan fingerprint density at radius 1 is 1.38 bits per heavy atom. The van der Waals surface area contributed by atoms with Gasteiger partial charge in [0, 0.05) is 29.9 Å². The Bertz CT molecular complexity index is 872. The number of aromatic nitrogens is 2. The fraction of sp³-hybridized carbons (Fsp3) is 0.0714. The first-order chi connectivity index (χ1) is 10.2. The van der Waals surface area contributed by atoms with Crippen molar-refractivity contribution in [3.63, 3.8) is 0 Å². The van der Waals surface area contributed by atoms with Crippen molar-refractivity contribution in [2.45, 2.75) is 6.54 Å². The zero-order valence-corrected chi connectivity index (χ0v) is 11.6. The quantitative estimate of drug-likeness (QED) is 0.803. The normalized spacial score (nSPS) is 10.7. The molecule has 7 heteroatoms. The molecule has 106 valence electrons. The van der Waals surface area contributed by atoms with E-state index in [0.717, 1.165) is 0 Å². The van der Waals surface area contributed by atoms with Crippen molar-refractivity contribution >= 4 is 22.2 Å². The van der Waals surface area contributed by atoms with Gasteiger partial charge in [0.1, 0.15) is 11.4 Å². The molecule has 1 N–H and O–H groups in total. The maximum Gasteiger partial charge on any atom is 0.271 e. The maximum absolute atomic E-state index is 13.5. The minimum Gasteiger partial charge on any atom is -0.348 e. The Morgan fingerprint density at radius 2 is 2.19 bits per heavy atom. The highest BCUT2D eigenvalue weighted by molar-refractivity contribution is 7.15. The van der Waals surface area contributed by atoms with Crippen LogP contribution in [0, 0.1) is 5.82 Å². The van der Waals surface area contributed by atoms with E-state index in [1.165, 1.54) is 28.0 Å². The Hall–Kier alpha value is -2.54. The Labute approximate surface area is 122 Å². The number of benzene rings is 1. The predicted octanol–water partition coefficient (Wildman–Crippen LogP) is 1.83. The van der Waals surface area contributed by atoms with Crippen LogP contribution < -0.4 is 10.9 Å². The number of fused-ring (bicyclic) bond motifs is 1. The molecule has 0 bridgehead atoms. The number of thiazole rings is 1. The second-order valence-corrected chi connectivity index (χ2v) is 5.18. The van der Waals surface area contributed by atoms with Crippen LogP contribution in [0.3, 0.4) is 0 Å². The number of carbonyl (C=O) groups excluding carboxylic acids is 1. The lowest BCUT2D eigenvalue weighted by atomic mass is 10.2. The maximum atomic E-state index is 13.5. The molecule has 3 rings (SSSR count). The minimum atomic E-state index is -0.573. The van der Waals surface area contributed by atoms with Crippen LogP contribution in [-0.4, -0.2) is 15.3 Å². The monoisotopic (exact) mass is 303 g/mol. The van der Waals surface area contributed by atoms with Gasteiger partial charge in [0.25, 0.3) is 11.5 Å². The minimum absolute atomic E-state index is 0.0112. The molecular formula is C14H10FN3O2S. The van der Waals surface area contributed by atoms with Gasteiger partial charge in [0.05, 0.1) is 0 Å². The van der Waals surface area contributed by atoms with Gasteiger partial charge in [0.15, 0.2) is 4.96 Å². The van der Waals surface area contributed by atoms with Gasteiger partial charge in [-0.15, -0.1) is 11.3 Å². The molecule has 0 unspecified atom stereocenters. The third-order valence-corrected chi connectivity index (χ3v) is 3.76. The number of rotatable bonds is 3. The number of amides is 1. The molecule has 0 aliphatic rings. The predicted molar refractivity (Wildman–Crippen MR) is 76.9 cm³/mol. The summed E-state index contributed by atoms with van der Waals surface area (Å²) in [6, 6.07) is 6.14. The van der Waals surface area contributed by atoms with E-state index in [2.05, 4.69) is 10.3 Å². The molecule has 21 heavy (non-hydrogen) atoms. The third-order valence-electron chi connectivity index (χ3n) is 2.98. The summed E-state index contributed by atoms with van der Waals surface area (Å²) >= 11 is 1.30. The summed E-state index contributed by atoms with van der Waals surface area (Å²) < 4.78 is 14.8. The number of hydrogen-bond acceptors (Lipinski definition) is 4. The van der Waals surface area contributed by atoms with Gasteiger partial charge in [-0.2, -0.15) is 0 Å². The highest BCUT2D eigenvalue weighted by Gasteiger charge is 2.14. The summed E-state index contributed by atoms with van der Waals surface area (Å²) in [5, 5.41) is 4.24. The van der Waals surface area contributed by atoms with Crippen LogP contribution >= 0.6 is 11.3 Å². The fourth-order valence-electron chi connectivity index (χ4n) is 1.89. The fourth-order valence-corrected chi connectivity index (χ4v) is 2.57. The van der Waals surface area contributed by atoms with E-state index in [0.29, 0.717) is 10.5 Å². The van der Waals surface area contributed by atoms with Crippen molar-refractivity contribution in [3.05, 3.63) is 69.3 Å². The van der Waals surface area contributed by atoms with E-state index in [9.17, 15) is 14.0 Å². The number of carbonyl (C=O) groups is 1. The molecule has 0 saturated carbocycles. The summed E-state index contributed by atoms with van der Waals surface area (Å²) in [4.78, 5) is 28.7. The summed E-state index contributed by atoms with van der Waals surface area (Å²) in [6.45, 7) is 0.0112. The van der Waals surface area contributed by atoms with Crippen LogP contribution in [0.5, 0.6) is 0 Å². The van der Waals surface area contributed by atoms with Crippen LogP contribution in [-0.2, 0) is 6.54 Å². The molecule has 2 heterocycles.